The topological polar surface area (TPSA) is 67.6 Å². The molecule has 0 saturated carbocycles. The summed E-state index contributed by atoms with van der Waals surface area (Å²) in [7, 11) is 0. The Labute approximate surface area is 148 Å². The number of ether oxygens (including phenoxy) is 1. The Morgan fingerprint density at radius 2 is 2.12 bits per heavy atom. The highest BCUT2D eigenvalue weighted by atomic mass is 16.5. The van der Waals surface area contributed by atoms with E-state index in [-0.39, 0.29) is 5.91 Å². The Morgan fingerprint density at radius 3 is 2.88 bits per heavy atom. The van der Waals surface area contributed by atoms with Gasteiger partial charge in [-0.1, -0.05) is 25.1 Å². The summed E-state index contributed by atoms with van der Waals surface area (Å²) in [5.74, 6) is 0.973. The standard InChI is InChI=1S/C19H25N3O3/c1-2-18(23)17-13-15-14-21(10-11-22(15)20-17)19(24)9-6-12-25-16-7-4-3-5-8-16/h3-5,7-8,13,18,23H,2,6,9-12,14H2,1H3. The van der Waals surface area contributed by atoms with E-state index in [1.54, 1.807) is 0 Å². The molecule has 0 bridgehead atoms. The fraction of sp³-hybridized carbons (Fsp3) is 0.474. The van der Waals surface area contributed by atoms with Gasteiger partial charge in [-0.15, -0.1) is 0 Å². The maximum Gasteiger partial charge on any atom is 0.223 e. The number of aromatic nitrogens is 2. The van der Waals surface area contributed by atoms with Crippen molar-refractivity contribution in [3.05, 3.63) is 47.8 Å². The van der Waals surface area contributed by atoms with Crippen LogP contribution in [0.1, 0.15) is 43.7 Å². The molecule has 2 aromatic rings. The molecule has 1 N–H and O–H groups in total. The fourth-order valence-corrected chi connectivity index (χ4v) is 2.96. The van der Waals surface area contributed by atoms with Crippen LogP contribution in [0.3, 0.4) is 0 Å². The van der Waals surface area contributed by atoms with Gasteiger partial charge in [0.15, 0.2) is 0 Å². The van der Waals surface area contributed by atoms with Crippen LogP contribution in [0.15, 0.2) is 36.4 Å². The van der Waals surface area contributed by atoms with Crippen molar-refractivity contribution in [2.24, 2.45) is 0 Å². The van der Waals surface area contributed by atoms with Crippen LogP contribution < -0.4 is 4.74 Å². The number of aliphatic hydroxyl groups is 1. The third-order valence-corrected chi connectivity index (χ3v) is 4.44. The van der Waals surface area contributed by atoms with E-state index < -0.39 is 6.10 Å². The number of amides is 1. The quantitative estimate of drug-likeness (QED) is 0.785. The molecule has 2 heterocycles. The predicted octanol–water partition coefficient (Wildman–Crippen LogP) is 2.53. The second kappa shape index (κ2) is 8.16. The molecule has 1 amide bonds. The molecule has 1 aliphatic rings. The van der Waals surface area contributed by atoms with Crippen LogP contribution >= 0.6 is 0 Å². The molecule has 0 fully saturated rings. The summed E-state index contributed by atoms with van der Waals surface area (Å²) in [5, 5.41) is 14.4. The van der Waals surface area contributed by atoms with E-state index in [1.807, 2.05) is 52.9 Å². The fourth-order valence-electron chi connectivity index (χ4n) is 2.96. The number of carbonyl (C=O) groups is 1. The summed E-state index contributed by atoms with van der Waals surface area (Å²) in [6.07, 6.45) is 1.28. The van der Waals surface area contributed by atoms with Crippen molar-refractivity contribution in [1.82, 2.24) is 14.7 Å². The average Bonchev–Trinajstić information content (AvgIpc) is 3.08. The zero-order valence-corrected chi connectivity index (χ0v) is 14.6. The molecule has 3 rings (SSSR count). The molecule has 6 heteroatoms. The summed E-state index contributed by atoms with van der Waals surface area (Å²) in [5.41, 5.74) is 1.69. The van der Waals surface area contributed by atoms with Crippen LogP contribution in [0, 0.1) is 0 Å². The van der Waals surface area contributed by atoms with Crippen molar-refractivity contribution >= 4 is 5.91 Å². The minimum absolute atomic E-state index is 0.140. The van der Waals surface area contributed by atoms with Gasteiger partial charge in [0.1, 0.15) is 5.75 Å². The number of rotatable bonds is 7. The average molecular weight is 343 g/mol. The van der Waals surface area contributed by atoms with E-state index in [4.69, 9.17) is 4.74 Å². The lowest BCUT2D eigenvalue weighted by Crippen LogP contribution is -2.38. The van der Waals surface area contributed by atoms with Crippen molar-refractivity contribution in [3.8, 4) is 5.75 Å². The SMILES string of the molecule is CCC(O)c1cc2n(n1)CCN(C(=O)CCCOc1ccccc1)C2. The predicted molar refractivity (Wildman–Crippen MR) is 94.1 cm³/mol. The zero-order valence-electron chi connectivity index (χ0n) is 14.6. The van der Waals surface area contributed by atoms with Gasteiger partial charge in [-0.05, 0) is 31.0 Å². The Morgan fingerprint density at radius 1 is 1.32 bits per heavy atom. The van der Waals surface area contributed by atoms with Crippen molar-refractivity contribution in [3.63, 3.8) is 0 Å². The van der Waals surface area contributed by atoms with Crippen molar-refractivity contribution in [1.29, 1.82) is 0 Å². The van der Waals surface area contributed by atoms with Crippen molar-refractivity contribution in [2.75, 3.05) is 13.2 Å². The van der Waals surface area contributed by atoms with Gasteiger partial charge in [0.25, 0.3) is 0 Å². The van der Waals surface area contributed by atoms with Gasteiger partial charge in [-0.3, -0.25) is 9.48 Å². The van der Waals surface area contributed by atoms with Gasteiger partial charge in [0.2, 0.25) is 5.91 Å². The second-order valence-corrected chi connectivity index (χ2v) is 6.29. The Balaban J connectivity index is 1.46. The monoisotopic (exact) mass is 343 g/mol. The molecule has 1 atom stereocenters. The molecule has 25 heavy (non-hydrogen) atoms. The van der Waals surface area contributed by atoms with Crippen LogP contribution in [0.4, 0.5) is 0 Å². The Kier molecular flexibility index (Phi) is 5.71. The Bertz CT molecular complexity index is 699. The molecule has 0 radical (unpaired) electrons. The number of para-hydroxylation sites is 1. The number of hydrogen-bond acceptors (Lipinski definition) is 4. The minimum Gasteiger partial charge on any atom is -0.494 e. The van der Waals surface area contributed by atoms with Crippen LogP contribution in [0.25, 0.3) is 0 Å². The molecule has 1 aromatic carbocycles. The smallest absolute Gasteiger partial charge is 0.223 e. The van der Waals surface area contributed by atoms with E-state index in [0.717, 1.165) is 11.4 Å². The van der Waals surface area contributed by atoms with Gasteiger partial charge >= 0.3 is 0 Å². The van der Waals surface area contributed by atoms with Gasteiger partial charge < -0.3 is 14.7 Å². The molecule has 0 saturated heterocycles. The summed E-state index contributed by atoms with van der Waals surface area (Å²) in [6, 6.07) is 11.5. The van der Waals surface area contributed by atoms with E-state index in [0.29, 0.717) is 51.2 Å². The first-order valence-electron chi connectivity index (χ1n) is 8.87. The number of benzene rings is 1. The van der Waals surface area contributed by atoms with Crippen molar-refractivity contribution in [2.45, 2.75) is 45.4 Å². The van der Waals surface area contributed by atoms with Crippen LogP contribution in [-0.4, -0.2) is 38.8 Å². The van der Waals surface area contributed by atoms with E-state index in [2.05, 4.69) is 5.10 Å². The molecular formula is C19H25N3O3. The maximum absolute atomic E-state index is 12.4. The number of fused-ring (bicyclic) bond motifs is 1. The third kappa shape index (κ3) is 4.39. The molecule has 134 valence electrons. The molecule has 0 spiro atoms. The molecule has 1 unspecified atom stereocenters. The second-order valence-electron chi connectivity index (χ2n) is 6.29. The first-order chi connectivity index (χ1) is 12.2. The maximum atomic E-state index is 12.4. The van der Waals surface area contributed by atoms with Crippen LogP contribution in [-0.2, 0) is 17.9 Å². The number of aliphatic hydroxyl groups excluding tert-OH is 1. The van der Waals surface area contributed by atoms with Gasteiger partial charge in [0, 0.05) is 13.0 Å². The molecule has 1 aromatic heterocycles. The highest BCUT2D eigenvalue weighted by Gasteiger charge is 2.23. The molecule has 6 nitrogen and oxygen atoms in total. The Hall–Kier alpha value is -2.34. The van der Waals surface area contributed by atoms with E-state index >= 15 is 0 Å². The summed E-state index contributed by atoms with van der Waals surface area (Å²) >= 11 is 0. The lowest BCUT2D eigenvalue weighted by atomic mass is 10.2. The first-order valence-corrected chi connectivity index (χ1v) is 8.87. The minimum atomic E-state index is -0.530. The highest BCUT2D eigenvalue weighted by Crippen LogP contribution is 2.20. The summed E-state index contributed by atoms with van der Waals surface area (Å²) in [4.78, 5) is 14.3. The van der Waals surface area contributed by atoms with Crippen LogP contribution in [0.2, 0.25) is 0 Å². The van der Waals surface area contributed by atoms with Crippen LogP contribution in [0.5, 0.6) is 5.75 Å². The molecule has 1 aliphatic heterocycles. The lowest BCUT2D eigenvalue weighted by molar-refractivity contribution is -0.132. The molecule has 0 aliphatic carbocycles. The number of hydrogen-bond donors (Lipinski definition) is 1. The normalized spacial score (nSPS) is 14.9. The van der Waals surface area contributed by atoms with Gasteiger partial charge in [-0.25, -0.2) is 0 Å². The largest absolute Gasteiger partial charge is 0.494 e. The van der Waals surface area contributed by atoms with E-state index in [9.17, 15) is 9.90 Å². The van der Waals surface area contributed by atoms with Crippen molar-refractivity contribution < 1.29 is 14.6 Å². The lowest BCUT2D eigenvalue weighted by Gasteiger charge is -2.27. The molecular weight excluding hydrogens is 318 g/mol. The summed E-state index contributed by atoms with van der Waals surface area (Å²) in [6.45, 7) is 4.36. The summed E-state index contributed by atoms with van der Waals surface area (Å²) < 4.78 is 7.53. The van der Waals surface area contributed by atoms with Gasteiger partial charge in [0.05, 0.1) is 37.2 Å². The van der Waals surface area contributed by atoms with Gasteiger partial charge in [-0.2, -0.15) is 5.10 Å². The zero-order chi connectivity index (χ0) is 17.6. The number of nitrogens with zero attached hydrogens (tertiary/aromatic N) is 3. The number of carbonyl (C=O) groups excluding carboxylic acids is 1. The first kappa shape index (κ1) is 17.5. The third-order valence-electron chi connectivity index (χ3n) is 4.44. The van der Waals surface area contributed by atoms with E-state index in [1.165, 1.54) is 0 Å². The highest BCUT2D eigenvalue weighted by molar-refractivity contribution is 5.76.